The zero-order chi connectivity index (χ0) is 19.6. The molecule has 1 fully saturated rings. The summed E-state index contributed by atoms with van der Waals surface area (Å²) in [4.78, 5) is 26.8. The number of nitro groups is 1. The summed E-state index contributed by atoms with van der Waals surface area (Å²) in [5.74, 6) is -0.862. The number of halogens is 2. The summed E-state index contributed by atoms with van der Waals surface area (Å²) in [5.41, 5.74) is 1.47. The van der Waals surface area contributed by atoms with Crippen molar-refractivity contribution in [3.63, 3.8) is 0 Å². The largest absolute Gasteiger partial charge is 0.368 e. The highest BCUT2D eigenvalue weighted by atomic mass is 35.5. The fourth-order valence-corrected chi connectivity index (χ4v) is 3.75. The van der Waals surface area contributed by atoms with Crippen LogP contribution in [0.1, 0.15) is 22.3 Å². The van der Waals surface area contributed by atoms with E-state index in [9.17, 15) is 19.3 Å². The van der Waals surface area contributed by atoms with E-state index in [-0.39, 0.29) is 17.2 Å². The molecule has 0 N–H and O–H groups in total. The maximum absolute atomic E-state index is 13.9. The molecule has 1 heterocycles. The van der Waals surface area contributed by atoms with Crippen molar-refractivity contribution in [2.75, 3.05) is 31.1 Å². The van der Waals surface area contributed by atoms with Crippen LogP contribution in [-0.2, 0) is 0 Å². The summed E-state index contributed by atoms with van der Waals surface area (Å²) < 4.78 is 13.9. The molecule has 1 aliphatic rings. The maximum Gasteiger partial charge on any atom is 0.271 e. The van der Waals surface area contributed by atoms with Gasteiger partial charge in [0.05, 0.1) is 21.2 Å². The van der Waals surface area contributed by atoms with E-state index in [1.165, 1.54) is 24.3 Å². The molecule has 2 aromatic carbocycles. The number of anilines is 1. The van der Waals surface area contributed by atoms with Gasteiger partial charge >= 0.3 is 0 Å². The van der Waals surface area contributed by atoms with Crippen LogP contribution >= 0.6 is 11.6 Å². The van der Waals surface area contributed by atoms with Gasteiger partial charge in [-0.05, 0) is 31.0 Å². The maximum atomic E-state index is 13.9. The van der Waals surface area contributed by atoms with Crippen LogP contribution in [0.25, 0.3) is 0 Å². The van der Waals surface area contributed by atoms with Gasteiger partial charge in [0.25, 0.3) is 11.6 Å². The van der Waals surface area contributed by atoms with E-state index < -0.39 is 10.7 Å². The lowest BCUT2D eigenvalue weighted by Gasteiger charge is -2.26. The van der Waals surface area contributed by atoms with Crippen LogP contribution in [0.2, 0.25) is 5.02 Å². The van der Waals surface area contributed by atoms with Gasteiger partial charge in [0.1, 0.15) is 5.82 Å². The molecular formula is C19H19ClFN3O3. The summed E-state index contributed by atoms with van der Waals surface area (Å²) in [5, 5.41) is 11.3. The average molecular weight is 392 g/mol. The average Bonchev–Trinajstić information content (AvgIpc) is 2.87. The summed E-state index contributed by atoms with van der Waals surface area (Å²) in [6.07, 6.45) is 0.687. The van der Waals surface area contributed by atoms with Crippen LogP contribution in [0.5, 0.6) is 0 Å². The number of amides is 1. The summed E-state index contributed by atoms with van der Waals surface area (Å²) >= 11 is 6.30. The Morgan fingerprint density at radius 2 is 1.93 bits per heavy atom. The van der Waals surface area contributed by atoms with Gasteiger partial charge in [0.15, 0.2) is 0 Å². The number of carbonyl (C=O) groups excluding carboxylic acids is 1. The first-order valence-electron chi connectivity index (χ1n) is 8.62. The molecule has 6 nitrogen and oxygen atoms in total. The van der Waals surface area contributed by atoms with Gasteiger partial charge in [-0.3, -0.25) is 14.9 Å². The normalized spacial score (nSPS) is 14.8. The lowest BCUT2D eigenvalue weighted by Crippen LogP contribution is -2.35. The molecule has 0 atom stereocenters. The molecule has 1 amide bonds. The van der Waals surface area contributed by atoms with Gasteiger partial charge < -0.3 is 9.80 Å². The van der Waals surface area contributed by atoms with E-state index >= 15 is 0 Å². The van der Waals surface area contributed by atoms with Crippen molar-refractivity contribution < 1.29 is 14.1 Å². The third-order valence-corrected chi connectivity index (χ3v) is 4.94. The molecular weight excluding hydrogens is 373 g/mol. The number of nitrogens with zero attached hydrogens (tertiary/aromatic N) is 3. The molecule has 1 aliphatic heterocycles. The lowest BCUT2D eigenvalue weighted by atomic mass is 10.1. The molecule has 2 aromatic rings. The SMILES string of the molecule is Cc1cc([N+](=O)[O-])cc(Cl)c1N1CCCN(C(=O)c2ccccc2F)CC1. The van der Waals surface area contributed by atoms with Crippen molar-refractivity contribution in [1.82, 2.24) is 4.90 Å². The second-order valence-corrected chi connectivity index (χ2v) is 6.87. The summed E-state index contributed by atoms with van der Waals surface area (Å²) in [6.45, 7) is 3.87. The first-order valence-corrected chi connectivity index (χ1v) is 8.99. The number of aryl methyl sites for hydroxylation is 1. The molecule has 0 spiro atoms. The minimum Gasteiger partial charge on any atom is -0.368 e. The van der Waals surface area contributed by atoms with Gasteiger partial charge in [-0.25, -0.2) is 4.39 Å². The standard InChI is InChI=1S/C19H19ClFN3O3/c1-13-11-14(24(26)27)12-16(20)18(13)22-7-4-8-23(10-9-22)19(25)15-5-2-3-6-17(15)21/h2-3,5-6,11-12H,4,7-10H2,1H3. The topological polar surface area (TPSA) is 66.7 Å². The molecule has 8 heteroatoms. The van der Waals surface area contributed by atoms with Crippen molar-refractivity contribution in [2.24, 2.45) is 0 Å². The third kappa shape index (κ3) is 4.03. The second kappa shape index (κ2) is 7.92. The van der Waals surface area contributed by atoms with Crippen LogP contribution < -0.4 is 4.90 Å². The van der Waals surface area contributed by atoms with Crippen molar-refractivity contribution in [1.29, 1.82) is 0 Å². The zero-order valence-corrected chi connectivity index (χ0v) is 15.6. The Morgan fingerprint density at radius 1 is 1.19 bits per heavy atom. The van der Waals surface area contributed by atoms with Crippen molar-refractivity contribution in [3.8, 4) is 0 Å². The van der Waals surface area contributed by atoms with Crippen LogP contribution in [-0.4, -0.2) is 41.9 Å². The Balaban J connectivity index is 1.79. The minimum absolute atomic E-state index is 0.0487. The first kappa shape index (κ1) is 19.1. The monoisotopic (exact) mass is 391 g/mol. The molecule has 0 aromatic heterocycles. The van der Waals surface area contributed by atoms with Crippen LogP contribution in [0.15, 0.2) is 36.4 Å². The Labute approximate surface area is 161 Å². The van der Waals surface area contributed by atoms with Gasteiger partial charge in [0, 0.05) is 38.3 Å². The van der Waals surface area contributed by atoms with Crippen LogP contribution in [0.4, 0.5) is 15.8 Å². The predicted molar refractivity (Wildman–Crippen MR) is 102 cm³/mol. The number of nitro benzene ring substituents is 1. The van der Waals surface area contributed by atoms with Gasteiger partial charge in [-0.1, -0.05) is 23.7 Å². The van der Waals surface area contributed by atoms with E-state index in [4.69, 9.17) is 11.6 Å². The van der Waals surface area contributed by atoms with Gasteiger partial charge in [-0.2, -0.15) is 0 Å². The molecule has 0 aliphatic carbocycles. The molecule has 142 valence electrons. The Kier molecular flexibility index (Phi) is 5.60. The predicted octanol–water partition coefficient (Wildman–Crippen LogP) is 4.05. The van der Waals surface area contributed by atoms with Gasteiger partial charge in [0.2, 0.25) is 0 Å². The third-order valence-electron chi connectivity index (χ3n) is 4.65. The van der Waals surface area contributed by atoms with Crippen LogP contribution in [0.3, 0.4) is 0 Å². The molecule has 0 bridgehead atoms. The zero-order valence-electron chi connectivity index (χ0n) is 14.8. The highest BCUT2D eigenvalue weighted by Gasteiger charge is 2.25. The van der Waals surface area contributed by atoms with E-state index in [2.05, 4.69) is 0 Å². The number of benzene rings is 2. The quantitative estimate of drug-likeness (QED) is 0.584. The van der Waals surface area contributed by atoms with E-state index in [1.807, 2.05) is 4.90 Å². The number of rotatable bonds is 3. The molecule has 1 saturated heterocycles. The molecule has 0 radical (unpaired) electrons. The number of carbonyl (C=O) groups is 1. The number of non-ortho nitro benzene ring substituents is 1. The van der Waals surface area contributed by atoms with Crippen LogP contribution in [0, 0.1) is 22.9 Å². The Bertz CT molecular complexity index is 867. The lowest BCUT2D eigenvalue weighted by molar-refractivity contribution is -0.384. The number of hydrogen-bond donors (Lipinski definition) is 0. The second-order valence-electron chi connectivity index (χ2n) is 6.46. The molecule has 3 rings (SSSR count). The van der Waals surface area contributed by atoms with Crippen molar-refractivity contribution in [3.05, 3.63) is 68.5 Å². The summed E-state index contributed by atoms with van der Waals surface area (Å²) in [7, 11) is 0. The highest BCUT2D eigenvalue weighted by molar-refractivity contribution is 6.33. The molecule has 0 unspecified atom stereocenters. The molecule has 27 heavy (non-hydrogen) atoms. The highest BCUT2D eigenvalue weighted by Crippen LogP contribution is 2.34. The minimum atomic E-state index is -0.530. The summed E-state index contributed by atoms with van der Waals surface area (Å²) in [6, 6.07) is 8.79. The number of hydrogen-bond acceptors (Lipinski definition) is 4. The first-order chi connectivity index (χ1) is 12.9. The smallest absolute Gasteiger partial charge is 0.271 e. The molecule has 0 saturated carbocycles. The Hall–Kier alpha value is -2.67. The van der Waals surface area contributed by atoms with E-state index in [0.29, 0.717) is 43.2 Å². The fourth-order valence-electron chi connectivity index (χ4n) is 3.37. The van der Waals surface area contributed by atoms with Gasteiger partial charge in [-0.15, -0.1) is 0 Å². The van der Waals surface area contributed by atoms with E-state index in [1.54, 1.807) is 24.0 Å². The van der Waals surface area contributed by atoms with Crippen molar-refractivity contribution in [2.45, 2.75) is 13.3 Å². The fraction of sp³-hybridized carbons (Fsp3) is 0.316. The van der Waals surface area contributed by atoms with Crippen molar-refractivity contribution >= 4 is 28.9 Å². The Morgan fingerprint density at radius 3 is 2.59 bits per heavy atom. The van der Waals surface area contributed by atoms with E-state index in [0.717, 1.165) is 5.69 Å².